The van der Waals surface area contributed by atoms with Crippen LogP contribution in [0.15, 0.2) is 24.7 Å². The van der Waals surface area contributed by atoms with Gasteiger partial charge >= 0.3 is 12.4 Å². The van der Waals surface area contributed by atoms with Crippen LogP contribution in [0.5, 0.6) is 0 Å². The predicted octanol–water partition coefficient (Wildman–Crippen LogP) is 6.29. The topological polar surface area (TPSA) is 67.8 Å². The van der Waals surface area contributed by atoms with Crippen molar-refractivity contribution in [3.8, 4) is 11.3 Å². The molecule has 0 radical (unpaired) electrons. The summed E-state index contributed by atoms with van der Waals surface area (Å²) in [6.45, 7) is 3.88. The number of aromatic nitrogens is 3. The molecule has 3 rings (SSSR count). The molecule has 1 aliphatic carbocycles. The van der Waals surface area contributed by atoms with Crippen LogP contribution in [-0.4, -0.2) is 20.9 Å². The van der Waals surface area contributed by atoms with E-state index >= 15 is 0 Å². The summed E-state index contributed by atoms with van der Waals surface area (Å²) >= 11 is 0. The van der Waals surface area contributed by atoms with Crippen molar-refractivity contribution in [3.63, 3.8) is 0 Å². The summed E-state index contributed by atoms with van der Waals surface area (Å²) in [5.41, 5.74) is -1.27. The Kier molecular flexibility index (Phi) is 8.65. The van der Waals surface area contributed by atoms with E-state index < -0.39 is 23.7 Å². The third kappa shape index (κ3) is 6.66. The van der Waals surface area contributed by atoms with E-state index in [1.165, 1.54) is 0 Å². The van der Waals surface area contributed by atoms with Crippen molar-refractivity contribution in [1.29, 1.82) is 0 Å². The predicted molar refractivity (Wildman–Crippen MR) is 114 cm³/mol. The Balaban J connectivity index is 0.00000408. The quantitative estimate of drug-likeness (QED) is 0.404. The summed E-state index contributed by atoms with van der Waals surface area (Å²) in [7, 11) is 0. The first-order valence-corrected chi connectivity index (χ1v) is 10.6. The van der Waals surface area contributed by atoms with Crippen LogP contribution in [0.2, 0.25) is 0 Å². The number of halogens is 6. The van der Waals surface area contributed by atoms with Crippen LogP contribution >= 0.6 is 0 Å². The minimum absolute atomic E-state index is 0. The number of pyridine rings is 1. The first kappa shape index (κ1) is 27.5. The zero-order valence-corrected chi connectivity index (χ0v) is 18.1. The van der Waals surface area contributed by atoms with E-state index in [1.54, 1.807) is 0 Å². The number of hydrogen-bond donors (Lipinski definition) is 1. The molecule has 0 saturated heterocycles. The van der Waals surface area contributed by atoms with Gasteiger partial charge in [0.2, 0.25) is 11.7 Å². The van der Waals surface area contributed by atoms with E-state index in [0.717, 1.165) is 31.3 Å². The first-order chi connectivity index (χ1) is 15.4. The molecule has 1 saturated carbocycles. The smallest absolute Gasteiger partial charge is 0.352 e. The number of carbonyl (C=O) groups is 1. The Morgan fingerprint density at radius 2 is 1.47 bits per heavy atom. The van der Waals surface area contributed by atoms with Crippen molar-refractivity contribution in [3.05, 3.63) is 41.6 Å². The Morgan fingerprint density at radius 1 is 0.912 bits per heavy atom. The number of hydrogen-bond acceptors (Lipinski definition) is 4. The third-order valence-corrected chi connectivity index (χ3v) is 6.23. The van der Waals surface area contributed by atoms with Gasteiger partial charge in [0.15, 0.2) is 0 Å². The highest BCUT2D eigenvalue weighted by molar-refractivity contribution is 5.78. The molecule has 34 heavy (non-hydrogen) atoms. The molecule has 2 heterocycles. The van der Waals surface area contributed by atoms with E-state index in [0.29, 0.717) is 30.9 Å². The monoisotopic (exact) mass is 490 g/mol. The van der Waals surface area contributed by atoms with Gasteiger partial charge in [0.25, 0.3) is 0 Å². The van der Waals surface area contributed by atoms with Crippen molar-refractivity contribution in [2.45, 2.75) is 65.9 Å². The fourth-order valence-corrected chi connectivity index (χ4v) is 3.89. The maximum Gasteiger partial charge on any atom is 0.451 e. The van der Waals surface area contributed by atoms with Gasteiger partial charge in [-0.3, -0.25) is 9.78 Å². The van der Waals surface area contributed by atoms with Gasteiger partial charge in [-0.25, -0.2) is 9.97 Å². The second kappa shape index (κ2) is 10.7. The molecule has 2 atom stereocenters. The van der Waals surface area contributed by atoms with Gasteiger partial charge < -0.3 is 5.32 Å². The summed E-state index contributed by atoms with van der Waals surface area (Å²) in [6, 6.07) is 1.09. The molecule has 0 aromatic carbocycles. The summed E-state index contributed by atoms with van der Waals surface area (Å²) in [5, 5.41) is 2.60. The standard InChI is InChI=1S/C22H24F6N4O.CH4/c1-12-3-5-14(6-4-13(12)2)19(33)30-8-15-7-18(29-11-17(15)21(23,24)25)16-9-31-20(32-10-16)22(26,27)28;/h7,9-14H,3-6,8H2,1-2H3,(H,30,33);1H4. The summed E-state index contributed by atoms with van der Waals surface area (Å²) in [5.74, 6) is -0.976. The van der Waals surface area contributed by atoms with Gasteiger partial charge in [0.05, 0.1) is 11.3 Å². The maximum atomic E-state index is 13.5. The van der Waals surface area contributed by atoms with Gasteiger partial charge in [0.1, 0.15) is 0 Å². The van der Waals surface area contributed by atoms with Crippen LogP contribution in [0.3, 0.4) is 0 Å². The van der Waals surface area contributed by atoms with Crippen LogP contribution in [0, 0.1) is 17.8 Å². The molecule has 188 valence electrons. The molecule has 1 fully saturated rings. The largest absolute Gasteiger partial charge is 0.451 e. The molecule has 2 aromatic rings. The Morgan fingerprint density at radius 3 is 1.97 bits per heavy atom. The lowest BCUT2D eigenvalue weighted by Gasteiger charge is -2.17. The van der Waals surface area contributed by atoms with Crippen LogP contribution < -0.4 is 5.32 Å². The van der Waals surface area contributed by atoms with Crippen molar-refractivity contribution < 1.29 is 31.1 Å². The fourth-order valence-electron chi connectivity index (χ4n) is 3.89. The van der Waals surface area contributed by atoms with Gasteiger partial charge in [-0.15, -0.1) is 0 Å². The second-order valence-electron chi connectivity index (χ2n) is 8.54. The first-order valence-electron chi connectivity index (χ1n) is 10.6. The molecule has 5 nitrogen and oxygen atoms in total. The van der Waals surface area contributed by atoms with E-state index in [4.69, 9.17) is 0 Å². The molecular formula is C23H28F6N4O. The van der Waals surface area contributed by atoms with Crippen LogP contribution in [0.4, 0.5) is 26.3 Å². The van der Waals surface area contributed by atoms with E-state index in [1.807, 2.05) is 0 Å². The molecule has 2 unspecified atom stereocenters. The van der Waals surface area contributed by atoms with Crippen LogP contribution in [0.25, 0.3) is 11.3 Å². The van der Waals surface area contributed by atoms with Crippen molar-refractivity contribution in [2.24, 2.45) is 17.8 Å². The molecular weight excluding hydrogens is 462 g/mol. The van der Waals surface area contributed by atoms with Crippen molar-refractivity contribution >= 4 is 5.91 Å². The Bertz CT molecular complexity index is 963. The zero-order valence-electron chi connectivity index (χ0n) is 18.1. The number of carbonyl (C=O) groups excluding carboxylic acids is 1. The molecule has 2 aromatic heterocycles. The highest BCUT2D eigenvalue weighted by Gasteiger charge is 2.36. The lowest BCUT2D eigenvalue weighted by molar-refractivity contribution is -0.145. The lowest BCUT2D eigenvalue weighted by Crippen LogP contribution is -2.31. The second-order valence-corrected chi connectivity index (χ2v) is 8.54. The van der Waals surface area contributed by atoms with Gasteiger partial charge in [0, 0.05) is 36.6 Å². The summed E-state index contributed by atoms with van der Waals surface area (Å²) < 4.78 is 78.4. The Hall–Kier alpha value is -2.72. The van der Waals surface area contributed by atoms with E-state index in [2.05, 4.69) is 34.1 Å². The molecule has 1 amide bonds. The molecule has 0 aliphatic heterocycles. The Labute approximate surface area is 194 Å². The number of nitrogens with one attached hydrogen (secondary N) is 1. The maximum absolute atomic E-state index is 13.5. The van der Waals surface area contributed by atoms with E-state index in [9.17, 15) is 31.1 Å². The van der Waals surface area contributed by atoms with Gasteiger partial charge in [-0.05, 0) is 49.1 Å². The average molecular weight is 490 g/mol. The third-order valence-electron chi connectivity index (χ3n) is 6.23. The SMILES string of the molecule is C.CC1CCC(C(=O)NCc2cc(-c3cnc(C(F)(F)F)nc3)ncc2C(F)(F)F)CCC1C. The van der Waals surface area contributed by atoms with E-state index in [-0.39, 0.29) is 42.6 Å². The minimum atomic E-state index is -4.74. The highest BCUT2D eigenvalue weighted by Crippen LogP contribution is 2.34. The normalized spacial score (nSPS) is 21.4. The summed E-state index contributed by atoms with van der Waals surface area (Å²) in [4.78, 5) is 22.8. The van der Waals surface area contributed by atoms with Crippen LogP contribution in [-0.2, 0) is 23.7 Å². The molecule has 0 spiro atoms. The van der Waals surface area contributed by atoms with Crippen LogP contribution in [0.1, 0.15) is 63.9 Å². The lowest BCUT2D eigenvalue weighted by atomic mass is 9.92. The van der Waals surface area contributed by atoms with Gasteiger partial charge in [-0.2, -0.15) is 26.3 Å². The zero-order chi connectivity index (χ0) is 24.4. The molecule has 0 bridgehead atoms. The number of rotatable bonds is 4. The average Bonchev–Trinajstić information content (AvgIpc) is 2.92. The fraction of sp³-hybridized carbons (Fsp3) is 0.565. The van der Waals surface area contributed by atoms with Crippen molar-refractivity contribution in [1.82, 2.24) is 20.3 Å². The molecule has 11 heteroatoms. The number of amides is 1. The molecule has 1 aliphatic rings. The highest BCUT2D eigenvalue weighted by atomic mass is 19.4. The number of nitrogens with zero attached hydrogens (tertiary/aromatic N) is 3. The number of alkyl halides is 6. The van der Waals surface area contributed by atoms with Gasteiger partial charge in [-0.1, -0.05) is 21.3 Å². The minimum Gasteiger partial charge on any atom is -0.352 e. The van der Waals surface area contributed by atoms with Crippen molar-refractivity contribution in [2.75, 3.05) is 0 Å². The summed E-state index contributed by atoms with van der Waals surface area (Å²) in [6.07, 6.45) is -4.06. The molecule has 1 N–H and O–H groups in total.